The predicted octanol–water partition coefficient (Wildman–Crippen LogP) is 2.41. The third-order valence-electron chi connectivity index (χ3n) is 4.90. The fourth-order valence-corrected chi connectivity index (χ4v) is 3.49. The first-order chi connectivity index (χ1) is 12.2. The number of para-hydroxylation sites is 1. The summed E-state index contributed by atoms with van der Waals surface area (Å²) >= 11 is 0. The van der Waals surface area contributed by atoms with Crippen LogP contribution in [0.4, 0.5) is 5.69 Å². The van der Waals surface area contributed by atoms with E-state index in [0.29, 0.717) is 0 Å². The SMILES string of the molecule is CCN(CCCNC(=NC)NCC1CCCN(C)C1)c1ccccc1. The molecule has 1 unspecified atom stereocenters. The number of piperidine rings is 1. The minimum Gasteiger partial charge on any atom is -0.372 e. The molecule has 1 saturated heterocycles. The Kier molecular flexibility index (Phi) is 8.60. The van der Waals surface area contributed by atoms with Gasteiger partial charge in [0.05, 0.1) is 0 Å². The Labute approximate surface area is 153 Å². The van der Waals surface area contributed by atoms with E-state index in [1.54, 1.807) is 0 Å². The molecule has 2 rings (SSSR count). The Balaban J connectivity index is 1.65. The second kappa shape index (κ2) is 11.0. The van der Waals surface area contributed by atoms with Gasteiger partial charge in [-0.25, -0.2) is 0 Å². The van der Waals surface area contributed by atoms with Crippen molar-refractivity contribution >= 4 is 11.6 Å². The molecule has 1 atom stereocenters. The van der Waals surface area contributed by atoms with Crippen LogP contribution in [0.1, 0.15) is 26.2 Å². The van der Waals surface area contributed by atoms with Gasteiger partial charge >= 0.3 is 0 Å². The lowest BCUT2D eigenvalue weighted by atomic mass is 9.99. The number of benzene rings is 1. The molecule has 0 saturated carbocycles. The lowest BCUT2D eigenvalue weighted by Crippen LogP contribution is -2.44. The van der Waals surface area contributed by atoms with E-state index in [1.165, 1.54) is 31.6 Å². The summed E-state index contributed by atoms with van der Waals surface area (Å²) in [5.74, 6) is 1.65. The molecule has 1 aliphatic rings. The molecule has 1 heterocycles. The molecule has 0 amide bonds. The summed E-state index contributed by atoms with van der Waals surface area (Å²) in [6, 6.07) is 10.6. The molecule has 1 aliphatic heterocycles. The van der Waals surface area contributed by atoms with Crippen LogP contribution in [0.25, 0.3) is 0 Å². The van der Waals surface area contributed by atoms with E-state index < -0.39 is 0 Å². The van der Waals surface area contributed by atoms with Crippen molar-refractivity contribution in [3.63, 3.8) is 0 Å². The smallest absolute Gasteiger partial charge is 0.190 e. The largest absolute Gasteiger partial charge is 0.372 e. The molecule has 2 N–H and O–H groups in total. The van der Waals surface area contributed by atoms with E-state index in [-0.39, 0.29) is 0 Å². The fourth-order valence-electron chi connectivity index (χ4n) is 3.49. The van der Waals surface area contributed by atoms with Crippen LogP contribution in [-0.4, -0.2) is 64.2 Å². The Hall–Kier alpha value is -1.75. The topological polar surface area (TPSA) is 42.9 Å². The summed E-state index contributed by atoms with van der Waals surface area (Å²) in [6.07, 6.45) is 3.72. The Morgan fingerprint density at radius 1 is 1.28 bits per heavy atom. The van der Waals surface area contributed by atoms with Crippen molar-refractivity contribution in [3.8, 4) is 0 Å². The Bertz CT molecular complexity index is 502. The summed E-state index contributed by atoms with van der Waals surface area (Å²) in [5.41, 5.74) is 1.30. The van der Waals surface area contributed by atoms with Crippen molar-refractivity contribution in [1.82, 2.24) is 15.5 Å². The van der Waals surface area contributed by atoms with Crippen LogP contribution >= 0.6 is 0 Å². The van der Waals surface area contributed by atoms with Crippen molar-refractivity contribution in [3.05, 3.63) is 30.3 Å². The number of aliphatic imine (C=N–C) groups is 1. The van der Waals surface area contributed by atoms with E-state index >= 15 is 0 Å². The van der Waals surface area contributed by atoms with Gasteiger partial charge in [0.25, 0.3) is 0 Å². The molecule has 140 valence electrons. The number of likely N-dealkylation sites (tertiary alicyclic amines) is 1. The molecule has 0 aliphatic carbocycles. The van der Waals surface area contributed by atoms with Crippen LogP contribution in [0.15, 0.2) is 35.3 Å². The molecule has 0 bridgehead atoms. The van der Waals surface area contributed by atoms with Crippen molar-refractivity contribution in [2.75, 3.05) is 58.3 Å². The lowest BCUT2D eigenvalue weighted by molar-refractivity contribution is 0.210. The first-order valence-electron chi connectivity index (χ1n) is 9.66. The first kappa shape index (κ1) is 19.6. The van der Waals surface area contributed by atoms with E-state index in [4.69, 9.17) is 0 Å². The van der Waals surface area contributed by atoms with Crippen LogP contribution in [0, 0.1) is 5.92 Å². The van der Waals surface area contributed by atoms with Gasteiger partial charge in [-0.1, -0.05) is 18.2 Å². The molecule has 0 spiro atoms. The van der Waals surface area contributed by atoms with Gasteiger partial charge in [0.1, 0.15) is 0 Å². The standard InChI is InChI=1S/C20H35N5/c1-4-25(19-11-6-5-7-12-19)15-9-13-22-20(21-2)23-16-18-10-8-14-24(3)17-18/h5-7,11-12,18H,4,8-10,13-17H2,1-3H3,(H2,21,22,23). The highest BCUT2D eigenvalue weighted by molar-refractivity contribution is 5.79. The van der Waals surface area contributed by atoms with Crippen molar-refractivity contribution < 1.29 is 0 Å². The summed E-state index contributed by atoms with van der Waals surface area (Å²) < 4.78 is 0. The minimum absolute atomic E-state index is 0.728. The number of guanidine groups is 1. The van der Waals surface area contributed by atoms with Crippen molar-refractivity contribution in [2.24, 2.45) is 10.9 Å². The van der Waals surface area contributed by atoms with E-state index in [9.17, 15) is 0 Å². The maximum absolute atomic E-state index is 4.35. The molecular weight excluding hydrogens is 310 g/mol. The van der Waals surface area contributed by atoms with Crippen molar-refractivity contribution in [1.29, 1.82) is 0 Å². The molecule has 1 aromatic rings. The van der Waals surface area contributed by atoms with E-state index in [0.717, 1.165) is 44.5 Å². The third-order valence-corrected chi connectivity index (χ3v) is 4.90. The molecule has 25 heavy (non-hydrogen) atoms. The average Bonchev–Trinajstić information content (AvgIpc) is 2.65. The van der Waals surface area contributed by atoms with Gasteiger partial charge in [-0.05, 0) is 57.8 Å². The van der Waals surface area contributed by atoms with Crippen LogP contribution in [-0.2, 0) is 0 Å². The quantitative estimate of drug-likeness (QED) is 0.431. The number of nitrogens with one attached hydrogen (secondary N) is 2. The molecule has 5 nitrogen and oxygen atoms in total. The number of nitrogens with zero attached hydrogens (tertiary/aromatic N) is 3. The Morgan fingerprint density at radius 3 is 2.76 bits per heavy atom. The molecular formula is C20H35N5. The summed E-state index contributed by atoms with van der Waals surface area (Å²) in [7, 11) is 4.07. The van der Waals surface area contributed by atoms with Gasteiger partial charge in [0, 0.05) is 45.5 Å². The van der Waals surface area contributed by atoms with Gasteiger partial charge in [-0.15, -0.1) is 0 Å². The highest BCUT2D eigenvalue weighted by atomic mass is 15.2. The minimum atomic E-state index is 0.728. The van der Waals surface area contributed by atoms with Crippen LogP contribution in [0.2, 0.25) is 0 Å². The second-order valence-corrected chi connectivity index (χ2v) is 6.92. The van der Waals surface area contributed by atoms with Gasteiger partial charge in [0.2, 0.25) is 0 Å². The number of anilines is 1. The maximum Gasteiger partial charge on any atom is 0.190 e. The van der Waals surface area contributed by atoms with E-state index in [2.05, 4.69) is 69.7 Å². The number of hydrogen-bond acceptors (Lipinski definition) is 3. The molecule has 0 aromatic heterocycles. The van der Waals surface area contributed by atoms with Crippen LogP contribution in [0.5, 0.6) is 0 Å². The average molecular weight is 346 g/mol. The zero-order chi connectivity index (χ0) is 17.9. The summed E-state index contributed by atoms with van der Waals surface area (Å²) in [4.78, 5) is 9.19. The van der Waals surface area contributed by atoms with E-state index in [1.807, 2.05) is 7.05 Å². The fraction of sp³-hybridized carbons (Fsp3) is 0.650. The zero-order valence-electron chi connectivity index (χ0n) is 16.2. The molecule has 0 radical (unpaired) electrons. The highest BCUT2D eigenvalue weighted by Crippen LogP contribution is 2.14. The summed E-state index contributed by atoms with van der Waals surface area (Å²) in [6.45, 7) is 8.67. The lowest BCUT2D eigenvalue weighted by Gasteiger charge is -2.30. The molecule has 1 fully saturated rings. The molecule has 1 aromatic carbocycles. The van der Waals surface area contributed by atoms with Crippen LogP contribution < -0.4 is 15.5 Å². The number of rotatable bonds is 8. The van der Waals surface area contributed by atoms with Gasteiger partial charge in [-0.3, -0.25) is 4.99 Å². The second-order valence-electron chi connectivity index (χ2n) is 6.92. The first-order valence-corrected chi connectivity index (χ1v) is 9.66. The predicted molar refractivity (Wildman–Crippen MR) is 109 cm³/mol. The Morgan fingerprint density at radius 2 is 2.08 bits per heavy atom. The monoisotopic (exact) mass is 345 g/mol. The van der Waals surface area contributed by atoms with Crippen molar-refractivity contribution in [2.45, 2.75) is 26.2 Å². The normalized spacial score (nSPS) is 18.8. The zero-order valence-corrected chi connectivity index (χ0v) is 16.2. The third kappa shape index (κ3) is 6.94. The van der Waals surface area contributed by atoms with Gasteiger partial charge < -0.3 is 20.4 Å². The number of hydrogen-bond donors (Lipinski definition) is 2. The highest BCUT2D eigenvalue weighted by Gasteiger charge is 2.17. The summed E-state index contributed by atoms with van der Waals surface area (Å²) in [5, 5.41) is 6.94. The van der Waals surface area contributed by atoms with Gasteiger partial charge in [-0.2, -0.15) is 0 Å². The molecule has 5 heteroatoms. The maximum atomic E-state index is 4.35. The van der Waals surface area contributed by atoms with Crippen LogP contribution in [0.3, 0.4) is 0 Å². The van der Waals surface area contributed by atoms with Gasteiger partial charge in [0.15, 0.2) is 5.96 Å².